The van der Waals surface area contributed by atoms with Gasteiger partial charge in [0.05, 0.1) is 18.6 Å². The van der Waals surface area contributed by atoms with Crippen molar-refractivity contribution < 1.29 is 22.7 Å². The van der Waals surface area contributed by atoms with Crippen LogP contribution in [0.2, 0.25) is 5.02 Å². The molecule has 2 atom stereocenters. The number of nitrogens with zero attached hydrogens (tertiary/aromatic N) is 1. The highest BCUT2D eigenvalue weighted by molar-refractivity contribution is 7.91. The molecule has 0 aromatic heterocycles. The number of amides is 1. The van der Waals surface area contributed by atoms with Gasteiger partial charge in [-0.2, -0.15) is 0 Å². The minimum atomic E-state index is -3.15. The molecule has 8 heteroatoms. The molecule has 3 rings (SSSR count). The summed E-state index contributed by atoms with van der Waals surface area (Å²) in [5, 5.41) is 0.670. The summed E-state index contributed by atoms with van der Waals surface area (Å²) < 4.78 is 35.3. The van der Waals surface area contributed by atoms with Crippen LogP contribution in [0.1, 0.15) is 30.0 Å². The monoisotopic (exact) mass is 465 g/mol. The molecular weight excluding hydrogens is 438 g/mol. The molecule has 2 aromatic carbocycles. The molecule has 1 fully saturated rings. The first-order valence-corrected chi connectivity index (χ1v) is 12.4. The van der Waals surface area contributed by atoms with Crippen LogP contribution in [0.5, 0.6) is 11.5 Å². The van der Waals surface area contributed by atoms with Crippen LogP contribution >= 0.6 is 11.6 Å². The molecule has 168 valence electrons. The maximum absolute atomic E-state index is 13.4. The van der Waals surface area contributed by atoms with E-state index in [0.717, 1.165) is 22.4 Å². The lowest BCUT2D eigenvalue weighted by Gasteiger charge is -2.31. The van der Waals surface area contributed by atoms with Gasteiger partial charge in [0.1, 0.15) is 11.5 Å². The van der Waals surface area contributed by atoms with E-state index in [1.165, 1.54) is 0 Å². The Labute approximate surface area is 189 Å². The quantitative estimate of drug-likeness (QED) is 0.619. The molecular formula is C23H28ClNO5S. The fourth-order valence-electron chi connectivity index (χ4n) is 3.80. The topological polar surface area (TPSA) is 72.9 Å². The number of sulfone groups is 1. The molecule has 0 N–H and O–H groups in total. The normalized spacial score (nSPS) is 18.4. The highest BCUT2D eigenvalue weighted by Crippen LogP contribution is 2.28. The summed E-state index contributed by atoms with van der Waals surface area (Å²) in [6.45, 7) is 5.75. The number of carbonyl (C=O) groups is 1. The van der Waals surface area contributed by atoms with Gasteiger partial charge in [0, 0.05) is 17.6 Å². The van der Waals surface area contributed by atoms with Gasteiger partial charge in [0.25, 0.3) is 5.91 Å². The van der Waals surface area contributed by atoms with Crippen molar-refractivity contribution in [2.75, 3.05) is 18.6 Å². The molecule has 1 aliphatic rings. The highest BCUT2D eigenvalue weighted by Gasteiger charge is 2.36. The first-order chi connectivity index (χ1) is 14.6. The first kappa shape index (κ1) is 23.4. The van der Waals surface area contributed by atoms with Crippen LogP contribution in [0.25, 0.3) is 0 Å². The van der Waals surface area contributed by atoms with Crippen LogP contribution < -0.4 is 9.47 Å². The van der Waals surface area contributed by atoms with Gasteiger partial charge in [-0.25, -0.2) is 8.42 Å². The van der Waals surface area contributed by atoms with Crippen LogP contribution in [-0.2, 0) is 21.2 Å². The highest BCUT2D eigenvalue weighted by atomic mass is 35.5. The average molecular weight is 466 g/mol. The summed E-state index contributed by atoms with van der Waals surface area (Å²) >= 11 is 6.23. The molecule has 2 aromatic rings. The van der Waals surface area contributed by atoms with E-state index < -0.39 is 15.9 Å². The molecule has 6 nitrogen and oxygen atoms in total. The van der Waals surface area contributed by atoms with Crippen LogP contribution in [0, 0.1) is 13.8 Å². The largest absolute Gasteiger partial charge is 0.497 e. The van der Waals surface area contributed by atoms with Crippen molar-refractivity contribution in [3.8, 4) is 11.5 Å². The van der Waals surface area contributed by atoms with E-state index in [0.29, 0.717) is 23.7 Å². The third kappa shape index (κ3) is 5.71. The molecule has 0 saturated carbocycles. The number of hydrogen-bond donors (Lipinski definition) is 0. The second-order valence-corrected chi connectivity index (χ2v) is 10.6. The fraction of sp³-hybridized carbons (Fsp3) is 0.435. The fourth-order valence-corrected chi connectivity index (χ4v) is 5.64. The number of halogens is 1. The van der Waals surface area contributed by atoms with E-state index in [-0.39, 0.29) is 23.5 Å². The Kier molecular flexibility index (Phi) is 7.17. The number of benzene rings is 2. The second kappa shape index (κ2) is 9.49. The van der Waals surface area contributed by atoms with Crippen molar-refractivity contribution in [1.82, 2.24) is 4.90 Å². The number of methoxy groups -OCH3 is 1. The SMILES string of the molecule is COc1ccc(CN(C(=O)[C@@H](C)Oc2cc(C)c(Cl)c(C)c2)[C@H]2CCS(=O)(=O)C2)cc1. The van der Waals surface area contributed by atoms with Gasteiger partial charge >= 0.3 is 0 Å². The molecule has 31 heavy (non-hydrogen) atoms. The van der Waals surface area contributed by atoms with E-state index in [9.17, 15) is 13.2 Å². The van der Waals surface area contributed by atoms with Crippen LogP contribution in [0.3, 0.4) is 0 Å². The van der Waals surface area contributed by atoms with Crippen LogP contribution in [-0.4, -0.2) is 50.0 Å². The maximum Gasteiger partial charge on any atom is 0.263 e. The smallest absolute Gasteiger partial charge is 0.263 e. The summed E-state index contributed by atoms with van der Waals surface area (Å²) in [7, 11) is -1.56. The van der Waals surface area contributed by atoms with Crippen LogP contribution in [0.4, 0.5) is 0 Å². The maximum atomic E-state index is 13.4. The predicted molar refractivity (Wildman–Crippen MR) is 122 cm³/mol. The van der Waals surface area contributed by atoms with Gasteiger partial charge < -0.3 is 14.4 Å². The number of aryl methyl sites for hydroxylation is 2. The van der Waals surface area contributed by atoms with E-state index in [1.54, 1.807) is 31.1 Å². The third-order valence-electron chi connectivity index (χ3n) is 5.51. The predicted octanol–water partition coefficient (Wildman–Crippen LogP) is 3.95. The molecule has 1 heterocycles. The number of carbonyl (C=O) groups excluding carboxylic acids is 1. The molecule has 0 spiro atoms. The average Bonchev–Trinajstić information content (AvgIpc) is 3.09. The van der Waals surface area contributed by atoms with Crippen molar-refractivity contribution in [2.24, 2.45) is 0 Å². The molecule has 0 radical (unpaired) electrons. The number of hydrogen-bond acceptors (Lipinski definition) is 5. The minimum Gasteiger partial charge on any atom is -0.497 e. The standard InChI is InChI=1S/C23H28ClNO5S/c1-15-11-21(12-16(2)22(15)24)30-17(3)23(26)25(19-9-10-31(27,28)14-19)13-18-5-7-20(29-4)8-6-18/h5-8,11-12,17,19H,9-10,13-14H2,1-4H3/t17-,19+/m1/s1. The van der Waals surface area contributed by atoms with Crippen molar-refractivity contribution in [3.63, 3.8) is 0 Å². The Morgan fingerprint density at radius 3 is 2.29 bits per heavy atom. The van der Waals surface area contributed by atoms with Crippen molar-refractivity contribution in [3.05, 3.63) is 58.1 Å². The van der Waals surface area contributed by atoms with Crippen molar-refractivity contribution in [2.45, 2.75) is 45.9 Å². The van der Waals surface area contributed by atoms with Crippen molar-refractivity contribution >= 4 is 27.3 Å². The first-order valence-electron chi connectivity index (χ1n) is 10.2. The molecule has 1 amide bonds. The third-order valence-corrected chi connectivity index (χ3v) is 7.86. The Morgan fingerprint density at radius 2 is 1.77 bits per heavy atom. The van der Waals surface area contributed by atoms with Gasteiger partial charge in [-0.1, -0.05) is 23.7 Å². The number of ether oxygens (including phenoxy) is 2. The summed E-state index contributed by atoms with van der Waals surface area (Å²) in [4.78, 5) is 15.0. The summed E-state index contributed by atoms with van der Waals surface area (Å²) in [5.41, 5.74) is 2.63. The summed E-state index contributed by atoms with van der Waals surface area (Å²) in [6, 6.07) is 10.6. The summed E-state index contributed by atoms with van der Waals surface area (Å²) in [6.07, 6.45) is -0.350. The van der Waals surface area contributed by atoms with Gasteiger partial charge in [-0.15, -0.1) is 0 Å². The van der Waals surface area contributed by atoms with E-state index in [1.807, 2.05) is 38.1 Å². The minimum absolute atomic E-state index is 0.0270. The Bertz CT molecular complexity index is 1030. The van der Waals surface area contributed by atoms with E-state index in [4.69, 9.17) is 21.1 Å². The van der Waals surface area contributed by atoms with Gasteiger partial charge in [0.15, 0.2) is 15.9 Å². The van der Waals surface area contributed by atoms with Gasteiger partial charge in [-0.3, -0.25) is 4.79 Å². The second-order valence-electron chi connectivity index (χ2n) is 8.00. The molecule has 0 aliphatic carbocycles. The molecule has 1 aliphatic heterocycles. The Balaban J connectivity index is 1.82. The lowest BCUT2D eigenvalue weighted by Crippen LogP contribution is -2.46. The lowest BCUT2D eigenvalue weighted by molar-refractivity contribution is -0.140. The lowest BCUT2D eigenvalue weighted by atomic mass is 10.1. The zero-order valence-corrected chi connectivity index (χ0v) is 19.8. The van der Waals surface area contributed by atoms with Crippen LogP contribution in [0.15, 0.2) is 36.4 Å². The number of rotatable bonds is 7. The van der Waals surface area contributed by atoms with Gasteiger partial charge in [-0.05, 0) is 68.1 Å². The Morgan fingerprint density at radius 1 is 1.16 bits per heavy atom. The van der Waals surface area contributed by atoms with Crippen molar-refractivity contribution in [1.29, 1.82) is 0 Å². The molecule has 0 unspecified atom stereocenters. The summed E-state index contributed by atoms with van der Waals surface area (Å²) in [5.74, 6) is 1.09. The zero-order chi connectivity index (χ0) is 22.8. The molecule has 0 bridgehead atoms. The zero-order valence-electron chi connectivity index (χ0n) is 18.2. The van der Waals surface area contributed by atoms with E-state index in [2.05, 4.69) is 0 Å². The molecule has 1 saturated heterocycles. The van der Waals surface area contributed by atoms with Gasteiger partial charge in [0.2, 0.25) is 0 Å². The Hall–Kier alpha value is -2.25. The van der Waals surface area contributed by atoms with E-state index >= 15 is 0 Å².